The van der Waals surface area contributed by atoms with Crippen LogP contribution in [0, 0.1) is 0 Å². The molecule has 0 aromatic heterocycles. The first-order chi connectivity index (χ1) is 14.8. The van der Waals surface area contributed by atoms with Crippen molar-refractivity contribution >= 4 is 21.6 Å². The van der Waals surface area contributed by atoms with Gasteiger partial charge in [-0.3, -0.25) is 9.10 Å². The molecule has 162 valence electrons. The highest BCUT2D eigenvalue weighted by Gasteiger charge is 2.30. The Morgan fingerprint density at radius 3 is 1.90 bits per heavy atom. The minimum atomic E-state index is -3.70. The summed E-state index contributed by atoms with van der Waals surface area (Å²) in [5.41, 5.74) is 1.33. The lowest BCUT2D eigenvalue weighted by Crippen LogP contribution is -2.48. The normalized spacial score (nSPS) is 13.1. The van der Waals surface area contributed by atoms with Gasteiger partial charge < -0.3 is 10.1 Å². The van der Waals surface area contributed by atoms with E-state index in [2.05, 4.69) is 5.32 Å². The second kappa shape index (κ2) is 9.66. The van der Waals surface area contributed by atoms with Gasteiger partial charge in [0.25, 0.3) is 0 Å². The molecule has 0 saturated carbocycles. The number of nitrogens with one attached hydrogen (secondary N) is 1. The van der Waals surface area contributed by atoms with E-state index in [1.165, 1.54) is 0 Å². The molecule has 3 aromatic carbocycles. The van der Waals surface area contributed by atoms with Crippen LogP contribution in [-0.4, -0.2) is 26.6 Å². The molecule has 0 radical (unpaired) electrons. The summed E-state index contributed by atoms with van der Waals surface area (Å²) in [6.07, 6.45) is 1.09. The van der Waals surface area contributed by atoms with Gasteiger partial charge in [-0.25, -0.2) is 8.42 Å². The quantitative estimate of drug-likeness (QED) is 0.561. The zero-order chi connectivity index (χ0) is 22.4. The molecule has 1 amide bonds. The first-order valence-corrected chi connectivity index (χ1v) is 11.8. The molecule has 0 aliphatic heterocycles. The van der Waals surface area contributed by atoms with Crippen LogP contribution in [0.2, 0.25) is 0 Å². The van der Waals surface area contributed by atoms with Crippen molar-refractivity contribution in [3.8, 4) is 11.5 Å². The van der Waals surface area contributed by atoms with Crippen molar-refractivity contribution in [2.24, 2.45) is 0 Å². The Morgan fingerprint density at radius 2 is 1.35 bits per heavy atom. The van der Waals surface area contributed by atoms with Crippen LogP contribution in [0.1, 0.15) is 25.5 Å². The van der Waals surface area contributed by atoms with Gasteiger partial charge in [0.05, 0.1) is 18.0 Å². The number of ether oxygens (including phenoxy) is 1. The van der Waals surface area contributed by atoms with Gasteiger partial charge in [-0.1, -0.05) is 48.5 Å². The summed E-state index contributed by atoms with van der Waals surface area (Å²) >= 11 is 0. The number of amides is 1. The predicted molar refractivity (Wildman–Crippen MR) is 123 cm³/mol. The van der Waals surface area contributed by atoms with Gasteiger partial charge in [-0.15, -0.1) is 0 Å². The molecule has 0 bridgehead atoms. The second-order valence-electron chi connectivity index (χ2n) is 7.28. The van der Waals surface area contributed by atoms with E-state index < -0.39 is 16.1 Å². The summed E-state index contributed by atoms with van der Waals surface area (Å²) in [5.74, 6) is 0.863. The number of anilines is 1. The maximum Gasteiger partial charge on any atom is 0.244 e. The van der Waals surface area contributed by atoms with Crippen molar-refractivity contribution in [2.75, 3.05) is 10.6 Å². The molecule has 0 aliphatic rings. The third kappa shape index (κ3) is 5.86. The Balaban J connectivity index is 1.77. The van der Waals surface area contributed by atoms with E-state index in [0.717, 1.165) is 16.1 Å². The molecule has 1 N–H and O–H groups in total. The predicted octanol–water partition coefficient (Wildman–Crippen LogP) is 4.51. The molecule has 0 spiro atoms. The third-order valence-electron chi connectivity index (χ3n) is 4.82. The summed E-state index contributed by atoms with van der Waals surface area (Å²) in [6, 6.07) is 24.2. The number of carbonyl (C=O) groups excluding carboxylic acids is 1. The van der Waals surface area contributed by atoms with E-state index in [9.17, 15) is 13.2 Å². The van der Waals surface area contributed by atoms with E-state index >= 15 is 0 Å². The summed E-state index contributed by atoms with van der Waals surface area (Å²) < 4.78 is 31.9. The Kier molecular flexibility index (Phi) is 6.97. The summed E-state index contributed by atoms with van der Waals surface area (Å²) in [4.78, 5) is 12.9. The van der Waals surface area contributed by atoms with E-state index in [1.54, 1.807) is 31.2 Å². The first kappa shape index (κ1) is 22.4. The highest BCUT2D eigenvalue weighted by atomic mass is 32.2. The molecule has 6 nitrogen and oxygen atoms in total. The maximum atomic E-state index is 12.9. The van der Waals surface area contributed by atoms with Crippen molar-refractivity contribution < 1.29 is 17.9 Å². The Bertz CT molecular complexity index is 1100. The monoisotopic (exact) mass is 438 g/mol. The van der Waals surface area contributed by atoms with E-state index in [0.29, 0.717) is 17.2 Å². The van der Waals surface area contributed by atoms with Crippen LogP contribution < -0.4 is 14.4 Å². The molecular weight excluding hydrogens is 412 g/mol. The zero-order valence-electron chi connectivity index (χ0n) is 17.7. The molecular formula is C24H26N2O4S. The van der Waals surface area contributed by atoms with E-state index in [4.69, 9.17) is 4.74 Å². The highest BCUT2D eigenvalue weighted by Crippen LogP contribution is 2.27. The van der Waals surface area contributed by atoms with E-state index in [1.807, 2.05) is 67.6 Å². The van der Waals surface area contributed by atoms with Crippen LogP contribution in [0.3, 0.4) is 0 Å². The number of para-hydroxylation sites is 1. The third-order valence-corrected chi connectivity index (χ3v) is 6.06. The number of sulfonamides is 1. The number of carbonyl (C=O) groups is 1. The molecule has 3 rings (SSSR count). The van der Waals surface area contributed by atoms with Crippen molar-refractivity contribution in [3.05, 3.63) is 90.5 Å². The van der Waals surface area contributed by atoms with Gasteiger partial charge in [0.15, 0.2) is 0 Å². The Labute approximate surface area is 183 Å². The van der Waals surface area contributed by atoms with Crippen LogP contribution in [0.4, 0.5) is 5.69 Å². The number of hydrogen-bond acceptors (Lipinski definition) is 4. The van der Waals surface area contributed by atoms with Gasteiger partial charge in [-0.05, 0) is 55.8 Å². The molecule has 3 aromatic rings. The van der Waals surface area contributed by atoms with Crippen LogP contribution in [-0.2, 0) is 14.8 Å². The van der Waals surface area contributed by atoms with E-state index in [-0.39, 0.29) is 11.9 Å². The summed E-state index contributed by atoms with van der Waals surface area (Å²) in [5, 5.41) is 2.89. The minimum absolute atomic E-state index is 0.251. The average Bonchev–Trinajstić information content (AvgIpc) is 2.75. The number of nitrogens with zero attached hydrogens (tertiary/aromatic N) is 1. The smallest absolute Gasteiger partial charge is 0.244 e. The summed E-state index contributed by atoms with van der Waals surface area (Å²) in [7, 11) is -3.70. The minimum Gasteiger partial charge on any atom is -0.457 e. The molecule has 0 unspecified atom stereocenters. The van der Waals surface area contributed by atoms with Gasteiger partial charge in [-0.2, -0.15) is 0 Å². The van der Waals surface area contributed by atoms with Crippen LogP contribution in [0.25, 0.3) is 0 Å². The number of benzene rings is 3. The van der Waals surface area contributed by atoms with Crippen molar-refractivity contribution in [1.82, 2.24) is 5.32 Å². The molecule has 7 heteroatoms. The number of hydrogen-bond donors (Lipinski definition) is 1. The first-order valence-electron chi connectivity index (χ1n) is 9.93. The molecule has 2 atom stereocenters. The van der Waals surface area contributed by atoms with Gasteiger partial charge in [0.2, 0.25) is 15.9 Å². The lowest BCUT2D eigenvalue weighted by molar-refractivity contribution is -0.122. The highest BCUT2D eigenvalue weighted by molar-refractivity contribution is 7.92. The van der Waals surface area contributed by atoms with Crippen LogP contribution >= 0.6 is 0 Å². The zero-order valence-corrected chi connectivity index (χ0v) is 18.5. The SMILES string of the molecule is C[C@H](NC(=O)[C@H](C)N(c1ccc(Oc2ccccc2)cc1)S(C)(=O)=O)c1ccccc1. The fourth-order valence-corrected chi connectivity index (χ4v) is 4.43. The average molecular weight is 439 g/mol. The fourth-order valence-electron chi connectivity index (χ4n) is 3.25. The maximum absolute atomic E-state index is 12.9. The van der Waals surface area contributed by atoms with Crippen LogP contribution in [0.15, 0.2) is 84.9 Å². The lowest BCUT2D eigenvalue weighted by Gasteiger charge is -2.29. The molecule has 0 aliphatic carbocycles. The molecule has 0 saturated heterocycles. The standard InChI is InChI=1S/C24H26N2O4S/c1-18(20-10-6-4-7-11-20)25-24(27)19(2)26(31(3,28)29)21-14-16-23(17-15-21)30-22-12-8-5-9-13-22/h4-19H,1-3H3,(H,25,27)/t18-,19-/m0/s1. The number of rotatable bonds is 8. The Morgan fingerprint density at radius 1 is 0.839 bits per heavy atom. The second-order valence-corrected chi connectivity index (χ2v) is 9.14. The van der Waals surface area contributed by atoms with Crippen LogP contribution in [0.5, 0.6) is 11.5 Å². The van der Waals surface area contributed by atoms with Gasteiger partial charge >= 0.3 is 0 Å². The lowest BCUT2D eigenvalue weighted by atomic mass is 10.1. The van der Waals surface area contributed by atoms with Gasteiger partial charge in [0.1, 0.15) is 17.5 Å². The topological polar surface area (TPSA) is 75.7 Å². The molecule has 0 heterocycles. The van der Waals surface area contributed by atoms with Gasteiger partial charge in [0, 0.05) is 0 Å². The molecule has 0 fully saturated rings. The largest absolute Gasteiger partial charge is 0.457 e. The molecule has 31 heavy (non-hydrogen) atoms. The van der Waals surface area contributed by atoms with Crippen molar-refractivity contribution in [1.29, 1.82) is 0 Å². The fraction of sp³-hybridized carbons (Fsp3) is 0.208. The van der Waals surface area contributed by atoms with Crippen molar-refractivity contribution in [2.45, 2.75) is 25.9 Å². The van der Waals surface area contributed by atoms with Crippen molar-refractivity contribution in [3.63, 3.8) is 0 Å². The Hall–Kier alpha value is -3.32. The summed E-state index contributed by atoms with van der Waals surface area (Å²) in [6.45, 7) is 3.43.